The number of alkyl halides is 2. The minimum Gasteiger partial charge on any atom is -0.383 e. The van der Waals surface area contributed by atoms with Gasteiger partial charge in [0.05, 0.1) is 11.5 Å². The van der Waals surface area contributed by atoms with Crippen molar-refractivity contribution in [1.29, 1.82) is 0 Å². The fraction of sp³-hybridized carbons (Fsp3) is 0.538. The predicted octanol–water partition coefficient (Wildman–Crippen LogP) is 3.76. The van der Waals surface area contributed by atoms with Crippen LogP contribution in [0.2, 0.25) is 0 Å². The highest BCUT2D eigenvalue weighted by molar-refractivity contribution is 5.57. The topological polar surface area (TPSA) is 64.4 Å². The van der Waals surface area contributed by atoms with Gasteiger partial charge in [0.15, 0.2) is 0 Å². The third-order valence-corrected chi connectivity index (χ3v) is 2.85. The van der Waals surface area contributed by atoms with Crippen LogP contribution in [-0.2, 0) is 4.74 Å². The van der Waals surface area contributed by atoms with Crippen LogP contribution >= 0.6 is 0 Å². The van der Waals surface area contributed by atoms with Crippen LogP contribution in [0.25, 0.3) is 0 Å². The van der Waals surface area contributed by atoms with Crippen LogP contribution in [0.3, 0.4) is 0 Å². The number of halogens is 2. The highest BCUT2D eigenvalue weighted by Crippen LogP contribution is 2.31. The van der Waals surface area contributed by atoms with Crippen molar-refractivity contribution in [3.63, 3.8) is 0 Å². The Bertz CT molecular complexity index is 449. The fourth-order valence-electron chi connectivity index (χ4n) is 1.94. The molecule has 5 nitrogen and oxygen atoms in total. The summed E-state index contributed by atoms with van der Waals surface area (Å²) in [6.07, 6.45) is -1.15. The number of ether oxygens (including phenoxy) is 1. The Morgan fingerprint density at radius 1 is 1.45 bits per heavy atom. The van der Waals surface area contributed by atoms with Crippen LogP contribution in [0.15, 0.2) is 18.2 Å². The molecular formula is C13H18F2N2O3. The highest BCUT2D eigenvalue weighted by Gasteiger charge is 2.19. The van der Waals surface area contributed by atoms with Gasteiger partial charge in [-0.3, -0.25) is 10.1 Å². The third-order valence-electron chi connectivity index (χ3n) is 2.85. The number of hydrogen-bond donors (Lipinski definition) is 1. The Morgan fingerprint density at radius 3 is 2.65 bits per heavy atom. The fourth-order valence-corrected chi connectivity index (χ4v) is 1.94. The SMILES string of the molecule is CCCC(COC)Nc1ccc([N+](=O)[O-])cc1C(F)F. The van der Waals surface area contributed by atoms with Crippen molar-refractivity contribution in [3.8, 4) is 0 Å². The summed E-state index contributed by atoms with van der Waals surface area (Å²) in [5.41, 5.74) is -0.498. The summed E-state index contributed by atoms with van der Waals surface area (Å²) in [7, 11) is 1.54. The molecule has 1 N–H and O–H groups in total. The molecule has 0 aliphatic rings. The number of rotatable bonds is 8. The normalized spacial score (nSPS) is 12.4. The van der Waals surface area contributed by atoms with Crippen LogP contribution in [0.4, 0.5) is 20.2 Å². The van der Waals surface area contributed by atoms with E-state index < -0.39 is 11.3 Å². The smallest absolute Gasteiger partial charge is 0.270 e. The molecule has 1 rings (SSSR count). The Morgan fingerprint density at radius 2 is 2.15 bits per heavy atom. The van der Waals surface area contributed by atoms with E-state index in [9.17, 15) is 18.9 Å². The lowest BCUT2D eigenvalue weighted by molar-refractivity contribution is -0.385. The van der Waals surface area contributed by atoms with Crippen molar-refractivity contribution in [2.24, 2.45) is 0 Å². The molecule has 1 aromatic carbocycles. The molecule has 0 saturated carbocycles. The predicted molar refractivity (Wildman–Crippen MR) is 72.2 cm³/mol. The van der Waals surface area contributed by atoms with Gasteiger partial charge in [-0.25, -0.2) is 8.78 Å². The Labute approximate surface area is 116 Å². The first-order valence-corrected chi connectivity index (χ1v) is 6.31. The van der Waals surface area contributed by atoms with Crippen LogP contribution in [0.5, 0.6) is 0 Å². The van der Waals surface area contributed by atoms with E-state index in [1.54, 1.807) is 0 Å². The molecule has 0 fully saturated rings. The number of nitro groups is 1. The van der Waals surface area contributed by atoms with Gasteiger partial charge in [-0.05, 0) is 12.5 Å². The second-order valence-corrected chi connectivity index (χ2v) is 4.41. The molecule has 0 radical (unpaired) electrons. The van der Waals surface area contributed by atoms with Gasteiger partial charge in [0.1, 0.15) is 0 Å². The number of benzene rings is 1. The van der Waals surface area contributed by atoms with E-state index in [1.165, 1.54) is 19.2 Å². The van der Waals surface area contributed by atoms with Crippen molar-refractivity contribution < 1.29 is 18.4 Å². The van der Waals surface area contributed by atoms with Crippen LogP contribution in [0.1, 0.15) is 31.8 Å². The standard InChI is InChI=1S/C13H18F2N2O3/c1-3-4-9(8-20-2)16-12-6-5-10(17(18)19)7-11(12)13(14)15/h5-7,9,13,16H,3-4,8H2,1-2H3. The number of non-ortho nitro benzene ring substituents is 1. The van der Waals surface area contributed by atoms with Gasteiger partial charge in [0.2, 0.25) is 0 Å². The summed E-state index contributed by atoms with van der Waals surface area (Å²) in [5.74, 6) is 0. The lowest BCUT2D eigenvalue weighted by Crippen LogP contribution is -2.25. The molecule has 0 aromatic heterocycles. The van der Waals surface area contributed by atoms with E-state index >= 15 is 0 Å². The van der Waals surface area contributed by atoms with Crippen molar-refractivity contribution in [2.45, 2.75) is 32.2 Å². The zero-order valence-corrected chi connectivity index (χ0v) is 11.4. The molecule has 112 valence electrons. The van der Waals surface area contributed by atoms with Gasteiger partial charge in [0, 0.05) is 36.5 Å². The van der Waals surface area contributed by atoms with Crippen molar-refractivity contribution in [1.82, 2.24) is 0 Å². The summed E-state index contributed by atoms with van der Waals surface area (Å²) in [6.45, 7) is 2.36. The zero-order chi connectivity index (χ0) is 15.1. The zero-order valence-electron chi connectivity index (χ0n) is 11.4. The molecule has 1 atom stereocenters. The first-order chi connectivity index (χ1) is 9.49. The Kier molecular flexibility index (Phi) is 6.30. The monoisotopic (exact) mass is 288 g/mol. The van der Waals surface area contributed by atoms with Gasteiger partial charge < -0.3 is 10.1 Å². The second kappa shape index (κ2) is 7.74. The largest absolute Gasteiger partial charge is 0.383 e. The maximum Gasteiger partial charge on any atom is 0.270 e. The van der Waals surface area contributed by atoms with Crippen LogP contribution in [-0.4, -0.2) is 24.7 Å². The third kappa shape index (κ3) is 4.41. The number of hydrogen-bond acceptors (Lipinski definition) is 4. The number of methoxy groups -OCH3 is 1. The molecule has 0 amide bonds. The molecule has 0 aliphatic heterocycles. The van der Waals surface area contributed by atoms with E-state index in [1.807, 2.05) is 6.92 Å². The van der Waals surface area contributed by atoms with Gasteiger partial charge in [0.25, 0.3) is 12.1 Å². The molecule has 0 spiro atoms. The van der Waals surface area contributed by atoms with Gasteiger partial charge >= 0.3 is 0 Å². The van der Waals surface area contributed by atoms with Crippen LogP contribution < -0.4 is 5.32 Å². The van der Waals surface area contributed by atoms with E-state index in [0.717, 1.165) is 18.9 Å². The maximum atomic E-state index is 13.0. The highest BCUT2D eigenvalue weighted by atomic mass is 19.3. The molecular weight excluding hydrogens is 270 g/mol. The molecule has 0 heterocycles. The molecule has 0 aliphatic carbocycles. The van der Waals surface area contributed by atoms with E-state index in [-0.39, 0.29) is 23.0 Å². The van der Waals surface area contributed by atoms with Crippen molar-refractivity contribution in [2.75, 3.05) is 19.0 Å². The lowest BCUT2D eigenvalue weighted by atomic mass is 10.1. The summed E-state index contributed by atoms with van der Waals surface area (Å²) in [5, 5.41) is 13.6. The number of nitrogens with zero attached hydrogens (tertiary/aromatic N) is 1. The van der Waals surface area contributed by atoms with Crippen molar-refractivity contribution >= 4 is 11.4 Å². The molecule has 0 saturated heterocycles. The maximum absolute atomic E-state index is 13.0. The van der Waals surface area contributed by atoms with Gasteiger partial charge in [-0.1, -0.05) is 13.3 Å². The average molecular weight is 288 g/mol. The second-order valence-electron chi connectivity index (χ2n) is 4.41. The summed E-state index contributed by atoms with van der Waals surface area (Å²) >= 11 is 0. The molecule has 7 heteroatoms. The number of nitrogens with one attached hydrogen (secondary N) is 1. The van der Waals surface area contributed by atoms with E-state index in [4.69, 9.17) is 4.74 Å². The number of anilines is 1. The number of nitro benzene ring substituents is 1. The quantitative estimate of drug-likeness (QED) is 0.584. The lowest BCUT2D eigenvalue weighted by Gasteiger charge is -2.20. The first-order valence-electron chi connectivity index (χ1n) is 6.31. The van der Waals surface area contributed by atoms with Crippen LogP contribution in [0, 0.1) is 10.1 Å². The Balaban J connectivity index is 3.00. The summed E-state index contributed by atoms with van der Waals surface area (Å²) in [6, 6.07) is 3.33. The summed E-state index contributed by atoms with van der Waals surface area (Å²) < 4.78 is 31.0. The van der Waals surface area contributed by atoms with Gasteiger partial charge in [-0.2, -0.15) is 0 Å². The van der Waals surface area contributed by atoms with Gasteiger partial charge in [-0.15, -0.1) is 0 Å². The molecule has 20 heavy (non-hydrogen) atoms. The Hall–Kier alpha value is -1.76. The van der Waals surface area contributed by atoms with Crippen molar-refractivity contribution in [3.05, 3.63) is 33.9 Å². The summed E-state index contributed by atoms with van der Waals surface area (Å²) in [4.78, 5) is 9.95. The average Bonchev–Trinajstić information content (AvgIpc) is 2.39. The molecule has 1 unspecified atom stereocenters. The molecule has 1 aromatic rings. The minimum atomic E-state index is -2.78. The molecule has 0 bridgehead atoms. The first kappa shape index (κ1) is 16.3. The van der Waals surface area contributed by atoms with E-state index in [0.29, 0.717) is 6.61 Å². The van der Waals surface area contributed by atoms with E-state index in [2.05, 4.69) is 5.32 Å². The minimum absolute atomic E-state index is 0.107.